The zero-order valence-corrected chi connectivity index (χ0v) is 17.0. The fourth-order valence-corrected chi connectivity index (χ4v) is 4.56. The van der Waals surface area contributed by atoms with Crippen LogP contribution in [-0.4, -0.2) is 76.0 Å². The van der Waals surface area contributed by atoms with E-state index < -0.39 is 5.60 Å². The molecule has 2 atom stereocenters. The molecule has 0 radical (unpaired) electrons. The maximum atomic E-state index is 13.0. The summed E-state index contributed by atoms with van der Waals surface area (Å²) in [6.07, 6.45) is 3.43. The van der Waals surface area contributed by atoms with Crippen LogP contribution in [-0.2, 0) is 28.6 Å². The predicted octanol–water partition coefficient (Wildman–Crippen LogP) is 1.17. The van der Waals surface area contributed by atoms with Gasteiger partial charge in [0.05, 0.1) is 19.3 Å². The van der Waals surface area contributed by atoms with E-state index in [4.69, 9.17) is 4.74 Å². The number of nitrogens with zero attached hydrogens (tertiary/aromatic N) is 4. The van der Waals surface area contributed by atoms with E-state index in [1.165, 1.54) is 0 Å². The van der Waals surface area contributed by atoms with Crippen LogP contribution in [0.4, 0.5) is 0 Å². The summed E-state index contributed by atoms with van der Waals surface area (Å²) in [5.41, 5.74) is 1.02. The first-order valence-electron chi connectivity index (χ1n) is 10.4. The van der Waals surface area contributed by atoms with Crippen molar-refractivity contribution in [3.05, 3.63) is 53.9 Å². The third kappa shape index (κ3) is 4.22. The molecule has 0 spiro atoms. The molecule has 2 aliphatic rings. The maximum absolute atomic E-state index is 13.0. The number of aromatic nitrogens is 2. The highest BCUT2D eigenvalue weighted by molar-refractivity contribution is 5.76. The zero-order chi connectivity index (χ0) is 20.3. The Morgan fingerprint density at radius 2 is 1.97 bits per heavy atom. The second-order valence-electron chi connectivity index (χ2n) is 7.99. The highest BCUT2D eigenvalue weighted by Crippen LogP contribution is 2.36. The van der Waals surface area contributed by atoms with Gasteiger partial charge in [0.2, 0.25) is 5.91 Å². The van der Waals surface area contributed by atoms with E-state index in [-0.39, 0.29) is 11.9 Å². The smallest absolute Gasteiger partial charge is 0.223 e. The summed E-state index contributed by atoms with van der Waals surface area (Å²) in [6, 6.07) is 11.7. The molecule has 1 aromatic heterocycles. The van der Waals surface area contributed by atoms with Gasteiger partial charge < -0.3 is 14.7 Å². The Hall–Kier alpha value is -2.22. The van der Waals surface area contributed by atoms with Crippen molar-refractivity contribution in [3.8, 4) is 0 Å². The van der Waals surface area contributed by atoms with Crippen LogP contribution in [0.25, 0.3) is 0 Å². The Labute approximate surface area is 171 Å². The van der Waals surface area contributed by atoms with Crippen LogP contribution in [0.1, 0.15) is 24.1 Å². The molecule has 2 saturated heterocycles. The third-order valence-corrected chi connectivity index (χ3v) is 6.34. The molecule has 156 valence electrons. The highest BCUT2D eigenvalue weighted by Gasteiger charge is 2.46. The van der Waals surface area contributed by atoms with Gasteiger partial charge in [0.25, 0.3) is 0 Å². The topological polar surface area (TPSA) is 70.8 Å². The van der Waals surface area contributed by atoms with Crippen molar-refractivity contribution in [2.24, 2.45) is 7.05 Å². The average Bonchev–Trinajstić information content (AvgIpc) is 3.18. The SMILES string of the molecule is Cn1nccc1CCC(=O)N1CC[C@](O)(c2ccccc2)[C@H](N2CCOCC2)C1. The second-order valence-corrected chi connectivity index (χ2v) is 7.99. The number of rotatable bonds is 5. The normalized spacial score (nSPS) is 25.9. The average molecular weight is 399 g/mol. The lowest BCUT2D eigenvalue weighted by molar-refractivity contribution is -0.147. The lowest BCUT2D eigenvalue weighted by atomic mass is 9.79. The van der Waals surface area contributed by atoms with E-state index in [0.29, 0.717) is 45.6 Å². The number of piperidine rings is 1. The van der Waals surface area contributed by atoms with Crippen LogP contribution < -0.4 is 0 Å². The summed E-state index contributed by atoms with van der Waals surface area (Å²) in [6.45, 7) is 3.98. The minimum atomic E-state index is -0.961. The molecule has 0 saturated carbocycles. The largest absolute Gasteiger partial charge is 0.383 e. The van der Waals surface area contributed by atoms with Crippen molar-refractivity contribution in [2.75, 3.05) is 39.4 Å². The summed E-state index contributed by atoms with van der Waals surface area (Å²) in [5.74, 6) is 0.138. The molecule has 7 heteroatoms. The number of likely N-dealkylation sites (tertiary alicyclic amines) is 1. The van der Waals surface area contributed by atoms with Crippen LogP contribution >= 0.6 is 0 Å². The number of aliphatic hydroxyl groups is 1. The van der Waals surface area contributed by atoms with Gasteiger partial charge in [0.1, 0.15) is 5.60 Å². The van der Waals surface area contributed by atoms with Crippen LogP contribution in [0.15, 0.2) is 42.6 Å². The molecule has 1 N–H and O–H groups in total. The first kappa shape index (κ1) is 20.1. The van der Waals surface area contributed by atoms with E-state index in [2.05, 4.69) is 10.00 Å². The van der Waals surface area contributed by atoms with Gasteiger partial charge in [0.15, 0.2) is 0 Å². The van der Waals surface area contributed by atoms with Gasteiger partial charge in [-0.2, -0.15) is 5.10 Å². The van der Waals surface area contributed by atoms with Gasteiger partial charge in [-0.3, -0.25) is 14.4 Å². The van der Waals surface area contributed by atoms with Crippen molar-refractivity contribution >= 4 is 5.91 Å². The number of aryl methyl sites for hydroxylation is 2. The predicted molar refractivity (Wildman–Crippen MR) is 109 cm³/mol. The van der Waals surface area contributed by atoms with Gasteiger partial charge in [-0.15, -0.1) is 0 Å². The lowest BCUT2D eigenvalue weighted by Crippen LogP contribution is -2.63. The molecule has 0 unspecified atom stereocenters. The number of morpholine rings is 1. The van der Waals surface area contributed by atoms with Crippen LogP contribution in [0, 0.1) is 0 Å². The molecule has 2 aliphatic heterocycles. The van der Waals surface area contributed by atoms with Crippen LogP contribution in [0.5, 0.6) is 0 Å². The Balaban J connectivity index is 1.50. The summed E-state index contributed by atoms with van der Waals surface area (Å²) >= 11 is 0. The van der Waals surface area contributed by atoms with Gasteiger partial charge in [-0.25, -0.2) is 0 Å². The Bertz CT molecular complexity index is 818. The Kier molecular flexibility index (Phi) is 5.99. The molecule has 7 nitrogen and oxygen atoms in total. The minimum absolute atomic E-state index is 0.136. The van der Waals surface area contributed by atoms with E-state index in [0.717, 1.165) is 24.3 Å². The molecule has 2 aromatic rings. The molecular formula is C22H30N4O3. The van der Waals surface area contributed by atoms with Crippen molar-refractivity contribution in [1.29, 1.82) is 0 Å². The van der Waals surface area contributed by atoms with Crippen LogP contribution in [0.2, 0.25) is 0 Å². The molecule has 0 bridgehead atoms. The first-order valence-corrected chi connectivity index (χ1v) is 10.4. The lowest BCUT2D eigenvalue weighted by Gasteiger charge is -2.50. The van der Waals surface area contributed by atoms with E-state index >= 15 is 0 Å². The number of hydrogen-bond donors (Lipinski definition) is 1. The van der Waals surface area contributed by atoms with Crippen molar-refractivity contribution in [2.45, 2.75) is 30.9 Å². The number of amides is 1. The van der Waals surface area contributed by atoms with Crippen molar-refractivity contribution < 1.29 is 14.6 Å². The van der Waals surface area contributed by atoms with Crippen molar-refractivity contribution in [1.82, 2.24) is 19.6 Å². The summed E-state index contributed by atoms with van der Waals surface area (Å²) in [7, 11) is 1.90. The number of ether oxygens (including phenoxy) is 1. The number of hydrogen-bond acceptors (Lipinski definition) is 5. The van der Waals surface area contributed by atoms with Gasteiger partial charge in [-0.1, -0.05) is 30.3 Å². The summed E-state index contributed by atoms with van der Waals surface area (Å²) in [4.78, 5) is 17.2. The van der Waals surface area contributed by atoms with Crippen LogP contribution in [0.3, 0.4) is 0 Å². The molecule has 2 fully saturated rings. The molecular weight excluding hydrogens is 368 g/mol. The number of benzene rings is 1. The van der Waals surface area contributed by atoms with E-state index in [9.17, 15) is 9.90 Å². The standard InChI is InChI=1S/C22H30N4O3/c1-24-19(9-11-23-24)7-8-21(27)26-12-10-22(28,18-5-3-2-4-6-18)20(17-26)25-13-15-29-16-14-25/h2-6,9,11,20,28H,7-8,10,12-17H2,1H3/t20-,22+/m1/s1. The summed E-state index contributed by atoms with van der Waals surface area (Å²) in [5, 5.41) is 15.9. The van der Waals surface area contributed by atoms with Gasteiger partial charge in [-0.05, 0) is 24.5 Å². The Morgan fingerprint density at radius 1 is 1.21 bits per heavy atom. The monoisotopic (exact) mass is 398 g/mol. The molecule has 1 aromatic carbocycles. The highest BCUT2D eigenvalue weighted by atomic mass is 16.5. The van der Waals surface area contributed by atoms with Crippen molar-refractivity contribution in [3.63, 3.8) is 0 Å². The van der Waals surface area contributed by atoms with Gasteiger partial charge >= 0.3 is 0 Å². The first-order chi connectivity index (χ1) is 14.1. The third-order valence-electron chi connectivity index (χ3n) is 6.34. The number of carbonyl (C=O) groups excluding carboxylic acids is 1. The molecule has 0 aliphatic carbocycles. The molecule has 4 rings (SSSR count). The number of carbonyl (C=O) groups is 1. The van der Waals surface area contributed by atoms with Gasteiger partial charge in [0, 0.05) is 51.5 Å². The zero-order valence-electron chi connectivity index (χ0n) is 17.0. The molecule has 29 heavy (non-hydrogen) atoms. The van der Waals surface area contributed by atoms with E-state index in [1.807, 2.05) is 53.0 Å². The molecule has 3 heterocycles. The second kappa shape index (κ2) is 8.65. The maximum Gasteiger partial charge on any atom is 0.223 e. The quantitative estimate of drug-likeness (QED) is 0.819. The van der Waals surface area contributed by atoms with E-state index in [1.54, 1.807) is 6.20 Å². The summed E-state index contributed by atoms with van der Waals surface area (Å²) < 4.78 is 7.33. The fraction of sp³-hybridized carbons (Fsp3) is 0.545. The minimum Gasteiger partial charge on any atom is -0.383 e. The molecule has 1 amide bonds. The fourth-order valence-electron chi connectivity index (χ4n) is 4.56. The Morgan fingerprint density at radius 3 is 2.66 bits per heavy atom.